The second-order valence-electron chi connectivity index (χ2n) is 4.08. The van der Waals surface area contributed by atoms with Crippen LogP contribution in [0.25, 0.3) is 0 Å². The molecule has 2 aromatic carbocycles. The molecule has 20 heavy (non-hydrogen) atoms. The van der Waals surface area contributed by atoms with Crippen molar-refractivity contribution in [2.24, 2.45) is 0 Å². The highest BCUT2D eigenvalue weighted by Crippen LogP contribution is 2.26. The van der Waals surface area contributed by atoms with Gasteiger partial charge in [-0.1, -0.05) is 30.3 Å². The molecule has 1 aromatic heterocycles. The summed E-state index contributed by atoms with van der Waals surface area (Å²) in [7, 11) is 0. The monoisotopic (exact) mass is 265 g/mol. The van der Waals surface area contributed by atoms with Crippen molar-refractivity contribution in [3.8, 4) is 11.5 Å². The molecule has 1 heterocycles. The van der Waals surface area contributed by atoms with Gasteiger partial charge in [-0.3, -0.25) is 4.79 Å². The summed E-state index contributed by atoms with van der Waals surface area (Å²) in [5.41, 5.74) is 0.416. The lowest BCUT2D eigenvalue weighted by atomic mass is 10.1. The molecule has 0 aliphatic carbocycles. The molecule has 0 spiro atoms. The molecule has 0 unspecified atom stereocenters. The number of oxazole rings is 1. The zero-order valence-corrected chi connectivity index (χ0v) is 10.5. The number of nitrogens with zero attached hydrogens (tertiary/aromatic N) is 1. The summed E-state index contributed by atoms with van der Waals surface area (Å²) in [6, 6.07) is 16.3. The van der Waals surface area contributed by atoms with E-state index in [4.69, 9.17) is 9.15 Å². The summed E-state index contributed by atoms with van der Waals surface area (Å²) in [5, 5.41) is 0. The minimum absolute atomic E-state index is 0.0501. The molecular formula is C16H11NO3. The maximum Gasteiger partial charge on any atom is 0.268 e. The van der Waals surface area contributed by atoms with Gasteiger partial charge < -0.3 is 9.15 Å². The van der Waals surface area contributed by atoms with E-state index < -0.39 is 0 Å². The van der Waals surface area contributed by atoms with Crippen LogP contribution in [0.2, 0.25) is 0 Å². The third-order valence-corrected chi connectivity index (χ3v) is 2.73. The number of rotatable bonds is 4. The molecule has 0 aliphatic heterocycles. The fourth-order valence-corrected chi connectivity index (χ4v) is 1.81. The van der Waals surface area contributed by atoms with Gasteiger partial charge in [0.15, 0.2) is 0 Å². The van der Waals surface area contributed by atoms with Crippen molar-refractivity contribution in [2.75, 3.05) is 0 Å². The number of carbonyl (C=O) groups is 1. The van der Waals surface area contributed by atoms with Crippen LogP contribution in [-0.4, -0.2) is 10.8 Å². The minimum Gasteiger partial charge on any atom is -0.457 e. The van der Waals surface area contributed by atoms with Crippen LogP contribution in [0.5, 0.6) is 11.5 Å². The van der Waals surface area contributed by atoms with Gasteiger partial charge in [0.2, 0.25) is 0 Å². The summed E-state index contributed by atoms with van der Waals surface area (Å²) < 4.78 is 10.8. The fourth-order valence-electron chi connectivity index (χ4n) is 1.81. The second kappa shape index (κ2) is 5.40. The molecule has 0 atom stereocenters. The van der Waals surface area contributed by atoms with Crippen LogP contribution >= 0.6 is 0 Å². The highest BCUT2D eigenvalue weighted by Gasteiger charge is 2.18. The molecule has 0 saturated heterocycles. The zero-order chi connectivity index (χ0) is 13.8. The van der Waals surface area contributed by atoms with E-state index >= 15 is 0 Å². The summed E-state index contributed by atoms with van der Waals surface area (Å²) in [4.78, 5) is 16.2. The fraction of sp³-hybridized carbons (Fsp3) is 0. The highest BCUT2D eigenvalue weighted by molar-refractivity contribution is 6.07. The average molecular weight is 265 g/mol. The SMILES string of the molecule is O=C(c1ncco1)c1ccccc1Oc1ccccc1. The Morgan fingerprint density at radius 1 is 1.00 bits per heavy atom. The first kappa shape index (κ1) is 12.2. The lowest BCUT2D eigenvalue weighted by molar-refractivity contribution is 0.100. The van der Waals surface area contributed by atoms with Gasteiger partial charge in [-0.15, -0.1) is 0 Å². The van der Waals surface area contributed by atoms with Crippen molar-refractivity contribution >= 4 is 5.78 Å². The Labute approximate surface area is 115 Å². The maximum absolute atomic E-state index is 12.3. The molecule has 0 amide bonds. The van der Waals surface area contributed by atoms with E-state index in [1.807, 2.05) is 36.4 Å². The molecule has 3 rings (SSSR count). The van der Waals surface area contributed by atoms with E-state index in [1.165, 1.54) is 12.5 Å². The number of hydrogen-bond donors (Lipinski definition) is 0. The van der Waals surface area contributed by atoms with Gasteiger partial charge in [-0.25, -0.2) is 4.98 Å². The van der Waals surface area contributed by atoms with E-state index in [-0.39, 0.29) is 11.7 Å². The molecule has 3 aromatic rings. The molecule has 4 heteroatoms. The van der Waals surface area contributed by atoms with Gasteiger partial charge in [0.1, 0.15) is 17.8 Å². The third-order valence-electron chi connectivity index (χ3n) is 2.73. The molecule has 0 saturated carbocycles. The summed E-state index contributed by atoms with van der Waals surface area (Å²) in [6.45, 7) is 0. The van der Waals surface area contributed by atoms with E-state index in [1.54, 1.807) is 18.2 Å². The van der Waals surface area contributed by atoms with E-state index in [0.717, 1.165) is 0 Å². The van der Waals surface area contributed by atoms with Crippen LogP contribution < -0.4 is 4.74 Å². The Bertz CT molecular complexity index is 706. The van der Waals surface area contributed by atoms with Gasteiger partial charge in [0.25, 0.3) is 11.7 Å². The number of carbonyl (C=O) groups excluding carboxylic acids is 1. The lowest BCUT2D eigenvalue weighted by Gasteiger charge is -2.09. The van der Waals surface area contributed by atoms with Crippen LogP contribution in [0.4, 0.5) is 0 Å². The van der Waals surface area contributed by atoms with E-state index in [9.17, 15) is 4.79 Å². The Kier molecular flexibility index (Phi) is 3.29. The molecule has 4 nitrogen and oxygen atoms in total. The molecule has 0 N–H and O–H groups in total. The number of hydrogen-bond acceptors (Lipinski definition) is 4. The minimum atomic E-state index is -0.304. The van der Waals surface area contributed by atoms with Crippen LogP contribution in [-0.2, 0) is 0 Å². The number of ether oxygens (including phenoxy) is 1. The summed E-state index contributed by atoms with van der Waals surface area (Å²) >= 11 is 0. The predicted octanol–water partition coefficient (Wildman–Crippen LogP) is 3.70. The first-order valence-electron chi connectivity index (χ1n) is 6.11. The van der Waals surface area contributed by atoms with Crippen molar-refractivity contribution in [3.63, 3.8) is 0 Å². The van der Waals surface area contributed by atoms with Crippen molar-refractivity contribution in [1.29, 1.82) is 0 Å². The van der Waals surface area contributed by atoms with Crippen molar-refractivity contribution < 1.29 is 13.9 Å². The van der Waals surface area contributed by atoms with Crippen LogP contribution in [0.15, 0.2) is 71.5 Å². The van der Waals surface area contributed by atoms with Crippen molar-refractivity contribution in [1.82, 2.24) is 4.98 Å². The molecule has 0 radical (unpaired) electrons. The Balaban J connectivity index is 1.95. The Hall–Kier alpha value is -2.88. The number of para-hydroxylation sites is 2. The number of aromatic nitrogens is 1. The van der Waals surface area contributed by atoms with Gasteiger partial charge in [-0.2, -0.15) is 0 Å². The smallest absolute Gasteiger partial charge is 0.268 e. The second-order valence-corrected chi connectivity index (χ2v) is 4.08. The normalized spacial score (nSPS) is 10.2. The first-order valence-corrected chi connectivity index (χ1v) is 6.11. The molecule has 98 valence electrons. The Morgan fingerprint density at radius 2 is 1.75 bits per heavy atom. The van der Waals surface area contributed by atoms with Crippen LogP contribution in [0.1, 0.15) is 16.2 Å². The summed E-state index contributed by atoms with van der Waals surface area (Å²) in [5.74, 6) is 0.887. The predicted molar refractivity (Wildman–Crippen MR) is 72.9 cm³/mol. The molecule has 0 fully saturated rings. The van der Waals surface area contributed by atoms with E-state index in [0.29, 0.717) is 17.1 Å². The van der Waals surface area contributed by atoms with E-state index in [2.05, 4.69) is 4.98 Å². The molecule has 0 bridgehead atoms. The van der Waals surface area contributed by atoms with Gasteiger partial charge in [-0.05, 0) is 24.3 Å². The van der Waals surface area contributed by atoms with Gasteiger partial charge >= 0.3 is 0 Å². The largest absolute Gasteiger partial charge is 0.457 e. The van der Waals surface area contributed by atoms with Crippen molar-refractivity contribution in [2.45, 2.75) is 0 Å². The van der Waals surface area contributed by atoms with Crippen LogP contribution in [0.3, 0.4) is 0 Å². The van der Waals surface area contributed by atoms with Crippen molar-refractivity contribution in [3.05, 3.63) is 78.5 Å². The highest BCUT2D eigenvalue weighted by atomic mass is 16.5. The van der Waals surface area contributed by atoms with Crippen LogP contribution in [0, 0.1) is 0 Å². The third kappa shape index (κ3) is 2.44. The molecular weight excluding hydrogens is 254 g/mol. The molecule has 0 aliphatic rings. The number of ketones is 1. The Morgan fingerprint density at radius 3 is 2.50 bits per heavy atom. The standard InChI is InChI=1S/C16H11NO3/c18-15(16-17-10-11-19-16)13-8-4-5-9-14(13)20-12-6-2-1-3-7-12/h1-11H. The topological polar surface area (TPSA) is 52.3 Å². The quantitative estimate of drug-likeness (QED) is 0.675. The maximum atomic E-state index is 12.3. The van der Waals surface area contributed by atoms with Gasteiger partial charge in [0, 0.05) is 0 Å². The summed E-state index contributed by atoms with van der Waals surface area (Å²) in [6.07, 6.45) is 2.81. The first-order chi connectivity index (χ1) is 9.84. The number of benzene rings is 2. The zero-order valence-electron chi connectivity index (χ0n) is 10.5. The average Bonchev–Trinajstić information content (AvgIpc) is 3.02. The lowest BCUT2D eigenvalue weighted by Crippen LogP contribution is -2.03. The van der Waals surface area contributed by atoms with Gasteiger partial charge in [0.05, 0.1) is 11.8 Å².